The summed E-state index contributed by atoms with van der Waals surface area (Å²) in [5.41, 5.74) is 2.53. The van der Waals surface area contributed by atoms with Crippen molar-refractivity contribution in [3.05, 3.63) is 70.8 Å². The topological polar surface area (TPSA) is 79.3 Å². The largest absolute Gasteiger partial charge is 0.336 e. The van der Waals surface area contributed by atoms with Crippen LogP contribution in [0.15, 0.2) is 48.5 Å². The molecule has 0 radical (unpaired) electrons. The van der Waals surface area contributed by atoms with E-state index in [9.17, 15) is 14.0 Å². The summed E-state index contributed by atoms with van der Waals surface area (Å²) in [7, 11) is 0. The number of nitrogens with one attached hydrogen (secondary N) is 2. The van der Waals surface area contributed by atoms with Gasteiger partial charge in [0, 0.05) is 24.5 Å². The molecule has 7 nitrogen and oxygen atoms in total. The number of halogens is 2. The molecule has 0 bridgehead atoms. The van der Waals surface area contributed by atoms with Crippen molar-refractivity contribution in [1.82, 2.24) is 15.1 Å². The summed E-state index contributed by atoms with van der Waals surface area (Å²) in [6, 6.07) is 12.5. The van der Waals surface area contributed by atoms with Gasteiger partial charge in [-0.15, -0.1) is 0 Å². The number of amides is 3. The molecule has 29 heavy (non-hydrogen) atoms. The lowest BCUT2D eigenvalue weighted by atomic mass is 10.2. The van der Waals surface area contributed by atoms with E-state index in [2.05, 4.69) is 15.7 Å². The van der Waals surface area contributed by atoms with E-state index in [1.807, 2.05) is 0 Å². The van der Waals surface area contributed by atoms with E-state index in [1.54, 1.807) is 36.1 Å². The van der Waals surface area contributed by atoms with Gasteiger partial charge in [0.2, 0.25) is 0 Å². The third kappa shape index (κ3) is 3.66. The van der Waals surface area contributed by atoms with Crippen molar-refractivity contribution in [2.75, 3.05) is 23.3 Å². The number of rotatable bonds is 4. The van der Waals surface area contributed by atoms with Gasteiger partial charge in [-0.2, -0.15) is 5.10 Å². The van der Waals surface area contributed by atoms with Crippen LogP contribution in [0.1, 0.15) is 16.1 Å². The molecule has 2 N–H and O–H groups in total. The number of carbonyl (C=O) groups is 2. The van der Waals surface area contributed by atoms with Crippen LogP contribution >= 0.6 is 11.6 Å². The number of aromatic nitrogens is 2. The molecule has 1 fully saturated rings. The molecule has 2 heterocycles. The van der Waals surface area contributed by atoms with Crippen LogP contribution in [-0.4, -0.2) is 34.8 Å². The minimum Gasteiger partial charge on any atom is -0.336 e. The summed E-state index contributed by atoms with van der Waals surface area (Å²) in [4.78, 5) is 26.1. The molecule has 3 aromatic rings. The van der Waals surface area contributed by atoms with Crippen LogP contribution in [0.5, 0.6) is 0 Å². The van der Waals surface area contributed by atoms with Crippen LogP contribution in [0, 0.1) is 12.7 Å². The summed E-state index contributed by atoms with van der Waals surface area (Å²) in [6.45, 7) is 2.88. The maximum atomic E-state index is 13.2. The fourth-order valence-corrected chi connectivity index (χ4v) is 3.50. The maximum Gasteiger partial charge on any atom is 0.321 e. The van der Waals surface area contributed by atoms with Crippen molar-refractivity contribution in [1.29, 1.82) is 0 Å². The molecule has 9 heteroatoms. The SMILES string of the molecule is Cc1nn(-c2ccc(F)cc2)c(Cl)c1C(=O)Nc1ccc(N2CCNC2=O)cc1. The Bertz CT molecular complexity index is 1080. The smallest absolute Gasteiger partial charge is 0.321 e. The van der Waals surface area contributed by atoms with Gasteiger partial charge in [0.1, 0.15) is 16.5 Å². The third-order valence-electron chi connectivity index (χ3n) is 4.60. The lowest BCUT2D eigenvalue weighted by Gasteiger charge is -2.14. The lowest BCUT2D eigenvalue weighted by Crippen LogP contribution is -2.27. The predicted molar refractivity (Wildman–Crippen MR) is 108 cm³/mol. The van der Waals surface area contributed by atoms with Gasteiger partial charge >= 0.3 is 6.03 Å². The molecule has 148 valence electrons. The first-order valence-electron chi connectivity index (χ1n) is 8.92. The van der Waals surface area contributed by atoms with Crippen molar-refractivity contribution in [2.24, 2.45) is 0 Å². The van der Waals surface area contributed by atoms with Crippen LogP contribution < -0.4 is 15.5 Å². The Hall–Kier alpha value is -3.39. The monoisotopic (exact) mass is 413 g/mol. The Morgan fingerprint density at radius 2 is 1.79 bits per heavy atom. The highest BCUT2D eigenvalue weighted by atomic mass is 35.5. The summed E-state index contributed by atoms with van der Waals surface area (Å²) in [5, 5.41) is 9.96. The Morgan fingerprint density at radius 1 is 1.14 bits per heavy atom. The zero-order valence-electron chi connectivity index (χ0n) is 15.4. The Morgan fingerprint density at radius 3 is 2.41 bits per heavy atom. The number of carbonyl (C=O) groups excluding carboxylic acids is 2. The fourth-order valence-electron chi connectivity index (χ4n) is 3.15. The quantitative estimate of drug-likeness (QED) is 0.683. The molecule has 3 amide bonds. The highest BCUT2D eigenvalue weighted by molar-refractivity contribution is 6.34. The maximum absolute atomic E-state index is 13.2. The summed E-state index contributed by atoms with van der Waals surface area (Å²) in [5.74, 6) is -0.783. The molecule has 0 aliphatic carbocycles. The van der Waals surface area contributed by atoms with Crippen LogP contribution in [-0.2, 0) is 0 Å². The van der Waals surface area contributed by atoms with Crippen LogP contribution in [0.25, 0.3) is 5.69 Å². The van der Waals surface area contributed by atoms with Gasteiger partial charge in [0.25, 0.3) is 5.91 Å². The van der Waals surface area contributed by atoms with E-state index in [-0.39, 0.29) is 22.6 Å². The minimum atomic E-state index is -0.410. The average molecular weight is 414 g/mol. The Kier molecular flexibility index (Phi) is 4.94. The Balaban J connectivity index is 1.54. The van der Waals surface area contributed by atoms with Crippen molar-refractivity contribution < 1.29 is 14.0 Å². The third-order valence-corrected chi connectivity index (χ3v) is 4.95. The number of anilines is 2. The molecule has 0 saturated carbocycles. The normalized spacial score (nSPS) is 13.5. The second kappa shape index (κ2) is 7.56. The molecule has 1 saturated heterocycles. The second-order valence-corrected chi connectivity index (χ2v) is 6.88. The first-order chi connectivity index (χ1) is 13.9. The summed E-state index contributed by atoms with van der Waals surface area (Å²) >= 11 is 6.39. The number of benzene rings is 2. The molecule has 1 aromatic heterocycles. The standard InChI is InChI=1S/C20H17ClFN5O2/c1-12-17(18(21)27(25-12)16-6-2-13(22)3-7-16)19(28)24-14-4-8-15(9-5-14)26-11-10-23-20(26)29/h2-9H,10-11H2,1H3,(H,23,29)(H,24,28). The lowest BCUT2D eigenvalue weighted by molar-refractivity contribution is 0.102. The number of nitrogens with zero attached hydrogens (tertiary/aromatic N) is 3. The van der Waals surface area contributed by atoms with Crippen LogP contribution in [0.3, 0.4) is 0 Å². The van der Waals surface area contributed by atoms with E-state index in [4.69, 9.17) is 11.6 Å². The van der Waals surface area contributed by atoms with Gasteiger partial charge in [-0.1, -0.05) is 11.6 Å². The van der Waals surface area contributed by atoms with Gasteiger partial charge in [-0.3, -0.25) is 9.69 Å². The van der Waals surface area contributed by atoms with Gasteiger partial charge in [-0.25, -0.2) is 13.9 Å². The van der Waals surface area contributed by atoms with Gasteiger partial charge in [0.15, 0.2) is 0 Å². The molecule has 2 aromatic carbocycles. The molecule has 4 rings (SSSR count). The average Bonchev–Trinajstić information content (AvgIpc) is 3.26. The number of hydrogen-bond acceptors (Lipinski definition) is 3. The van der Waals surface area contributed by atoms with Crippen LogP contribution in [0.2, 0.25) is 5.15 Å². The van der Waals surface area contributed by atoms with Crippen molar-refractivity contribution in [3.63, 3.8) is 0 Å². The molecule has 1 aliphatic rings. The van der Waals surface area contributed by atoms with Gasteiger partial charge < -0.3 is 10.6 Å². The van der Waals surface area contributed by atoms with E-state index in [0.29, 0.717) is 30.2 Å². The molecule has 0 spiro atoms. The van der Waals surface area contributed by atoms with Crippen molar-refractivity contribution >= 4 is 34.9 Å². The highest BCUT2D eigenvalue weighted by Gasteiger charge is 2.23. The highest BCUT2D eigenvalue weighted by Crippen LogP contribution is 2.25. The molecule has 0 atom stereocenters. The Labute approximate surface area is 171 Å². The first-order valence-corrected chi connectivity index (χ1v) is 9.29. The molecule has 0 unspecified atom stereocenters. The van der Waals surface area contributed by atoms with E-state index < -0.39 is 5.91 Å². The van der Waals surface area contributed by atoms with Crippen molar-refractivity contribution in [2.45, 2.75) is 6.92 Å². The van der Waals surface area contributed by atoms with Crippen molar-refractivity contribution in [3.8, 4) is 5.69 Å². The zero-order chi connectivity index (χ0) is 20.5. The molecular weight excluding hydrogens is 397 g/mol. The number of urea groups is 1. The first kappa shape index (κ1) is 18.9. The van der Waals surface area contributed by atoms with Gasteiger partial charge in [-0.05, 0) is 55.5 Å². The van der Waals surface area contributed by atoms with E-state index in [0.717, 1.165) is 5.69 Å². The summed E-state index contributed by atoms with van der Waals surface area (Å²) in [6.07, 6.45) is 0. The predicted octanol–water partition coefficient (Wildman–Crippen LogP) is 3.76. The number of aryl methyl sites for hydroxylation is 1. The number of hydrogen-bond donors (Lipinski definition) is 2. The van der Waals surface area contributed by atoms with E-state index >= 15 is 0 Å². The second-order valence-electron chi connectivity index (χ2n) is 6.52. The van der Waals surface area contributed by atoms with Crippen LogP contribution in [0.4, 0.5) is 20.6 Å². The molecule has 1 aliphatic heterocycles. The summed E-state index contributed by atoms with van der Waals surface area (Å²) < 4.78 is 14.5. The zero-order valence-corrected chi connectivity index (χ0v) is 16.2. The molecular formula is C20H17ClFN5O2. The minimum absolute atomic E-state index is 0.136. The fraction of sp³-hybridized carbons (Fsp3) is 0.150. The van der Waals surface area contributed by atoms with E-state index in [1.165, 1.54) is 28.9 Å². The van der Waals surface area contributed by atoms with Gasteiger partial charge in [0.05, 0.1) is 11.4 Å².